The third-order valence-corrected chi connectivity index (χ3v) is 5.24. The van der Waals surface area contributed by atoms with E-state index in [1.54, 1.807) is 6.20 Å². The van der Waals surface area contributed by atoms with Crippen LogP contribution in [0, 0.1) is 18.4 Å². The van der Waals surface area contributed by atoms with E-state index < -0.39 is 0 Å². The Morgan fingerprint density at radius 3 is 3.20 bits per heavy atom. The van der Waals surface area contributed by atoms with Crippen molar-refractivity contribution in [2.24, 2.45) is 11.8 Å². The number of amides is 1. The van der Waals surface area contributed by atoms with Gasteiger partial charge in [-0.2, -0.15) is 0 Å². The van der Waals surface area contributed by atoms with Crippen molar-refractivity contribution in [2.45, 2.75) is 31.8 Å². The maximum absolute atomic E-state index is 11.7. The molecule has 3 heterocycles. The first-order valence-electron chi connectivity index (χ1n) is 8.64. The highest BCUT2D eigenvalue weighted by Crippen LogP contribution is 2.40. The summed E-state index contributed by atoms with van der Waals surface area (Å²) >= 11 is 0. The van der Waals surface area contributed by atoms with Gasteiger partial charge in [-0.1, -0.05) is 31.6 Å². The molecule has 1 amide bonds. The van der Waals surface area contributed by atoms with E-state index in [4.69, 9.17) is 11.3 Å². The summed E-state index contributed by atoms with van der Waals surface area (Å²) in [7, 11) is 0. The Labute approximate surface area is 146 Å². The fourth-order valence-corrected chi connectivity index (χ4v) is 3.91. The number of hydrogen-bond acceptors (Lipinski definition) is 3. The summed E-state index contributed by atoms with van der Waals surface area (Å²) in [5.41, 5.74) is 0.575. The van der Waals surface area contributed by atoms with Crippen molar-refractivity contribution in [3.05, 3.63) is 59.7 Å². The molecule has 3 aliphatic rings. The number of hydrogen-bond donors (Lipinski definition) is 1. The van der Waals surface area contributed by atoms with Gasteiger partial charge in [0, 0.05) is 24.7 Å². The monoisotopic (exact) mass is 336 g/mol. The molecule has 2 unspecified atom stereocenters. The van der Waals surface area contributed by atoms with Gasteiger partial charge >= 0.3 is 0 Å². The first kappa shape index (κ1) is 15.7. The number of fused-ring (bicyclic) bond motifs is 3. The summed E-state index contributed by atoms with van der Waals surface area (Å²) in [5, 5.41) is 3.02. The molecule has 4 rings (SSSR count). The molecule has 1 aliphatic carbocycles. The molecule has 1 saturated heterocycles. The zero-order chi connectivity index (χ0) is 17.4. The number of imidazole rings is 1. The van der Waals surface area contributed by atoms with Crippen LogP contribution in [0.5, 0.6) is 0 Å². The Morgan fingerprint density at radius 2 is 2.40 bits per heavy atom. The minimum absolute atomic E-state index is 0.0230. The molecule has 6 heteroatoms. The molecule has 0 bridgehead atoms. The second-order valence-electron chi connectivity index (χ2n) is 6.66. The lowest BCUT2D eigenvalue weighted by atomic mass is 9.89. The van der Waals surface area contributed by atoms with Crippen LogP contribution < -0.4 is 5.32 Å². The number of carbonyl (C=O) groups is 1. The smallest absolute Gasteiger partial charge is 0.225 e. The minimum atomic E-state index is -0.0230. The summed E-state index contributed by atoms with van der Waals surface area (Å²) in [6, 6.07) is 0.0353. The van der Waals surface area contributed by atoms with Crippen molar-refractivity contribution in [1.82, 2.24) is 14.9 Å². The van der Waals surface area contributed by atoms with Gasteiger partial charge in [0.15, 0.2) is 0 Å². The molecule has 4 atom stereocenters. The van der Waals surface area contributed by atoms with E-state index in [2.05, 4.69) is 28.1 Å². The molecule has 1 aromatic rings. The number of rotatable bonds is 4. The second-order valence-corrected chi connectivity index (χ2v) is 6.66. The summed E-state index contributed by atoms with van der Waals surface area (Å²) in [6.45, 7) is 9.94. The van der Waals surface area contributed by atoms with E-state index in [1.165, 1.54) is 0 Å². The van der Waals surface area contributed by atoms with Crippen molar-refractivity contribution in [1.29, 1.82) is 0 Å². The van der Waals surface area contributed by atoms with E-state index in [0.29, 0.717) is 30.5 Å². The molecule has 0 saturated carbocycles. The number of ether oxygens (including phenoxy) is 1. The lowest BCUT2D eigenvalue weighted by molar-refractivity contribution is -0.119. The average Bonchev–Trinajstić information content (AvgIpc) is 3.25. The van der Waals surface area contributed by atoms with Gasteiger partial charge in [0.1, 0.15) is 18.2 Å². The molecular weight excluding hydrogens is 316 g/mol. The fourth-order valence-electron chi connectivity index (χ4n) is 3.91. The average molecular weight is 336 g/mol. The predicted molar refractivity (Wildman–Crippen MR) is 92.8 cm³/mol. The largest absolute Gasteiger partial charge is 0.494 e. The third-order valence-electron chi connectivity index (χ3n) is 5.24. The number of allylic oxidation sites excluding steroid dienone is 5. The van der Waals surface area contributed by atoms with Crippen LogP contribution in [0.3, 0.4) is 0 Å². The Kier molecular flexibility index (Phi) is 3.92. The standard InChI is InChI=1S/C19H20N4O2/c1-3-12-10-17(24)22-15(12)11-25-16-6-4-5-13-9-14(20-2)19-21-7-8-23(19)18(13)16/h4-9,12-13,15,18H,3,10-11H2,1H3,(H,22,24)/t12-,13?,15-,18?/m1/s1. The van der Waals surface area contributed by atoms with E-state index in [-0.39, 0.29) is 23.9 Å². The number of aromatic nitrogens is 2. The first-order chi connectivity index (χ1) is 12.2. The number of nitrogens with zero attached hydrogens (tertiary/aromatic N) is 3. The van der Waals surface area contributed by atoms with Crippen molar-refractivity contribution in [3.8, 4) is 0 Å². The Bertz CT molecular complexity index is 827. The molecule has 0 aromatic carbocycles. The van der Waals surface area contributed by atoms with Gasteiger partial charge in [0.05, 0.1) is 18.7 Å². The summed E-state index contributed by atoms with van der Waals surface area (Å²) in [4.78, 5) is 19.6. The molecule has 0 radical (unpaired) electrons. The molecule has 0 spiro atoms. The van der Waals surface area contributed by atoms with Crippen molar-refractivity contribution in [3.63, 3.8) is 0 Å². The molecule has 25 heavy (non-hydrogen) atoms. The van der Waals surface area contributed by atoms with Crippen molar-refractivity contribution in [2.75, 3.05) is 6.61 Å². The van der Waals surface area contributed by atoms with Crippen LogP contribution in [-0.2, 0) is 9.53 Å². The lowest BCUT2D eigenvalue weighted by Gasteiger charge is -2.33. The van der Waals surface area contributed by atoms with Crippen molar-refractivity contribution >= 4 is 11.6 Å². The first-order valence-corrected chi connectivity index (χ1v) is 8.64. The van der Waals surface area contributed by atoms with E-state index in [9.17, 15) is 4.79 Å². The maximum atomic E-state index is 11.7. The van der Waals surface area contributed by atoms with Crippen LogP contribution in [0.2, 0.25) is 0 Å². The Morgan fingerprint density at radius 1 is 1.52 bits per heavy atom. The van der Waals surface area contributed by atoms with Gasteiger partial charge in [0.2, 0.25) is 11.6 Å². The van der Waals surface area contributed by atoms with Crippen LogP contribution in [0.15, 0.2) is 42.5 Å². The highest BCUT2D eigenvalue weighted by molar-refractivity contribution is 5.79. The quantitative estimate of drug-likeness (QED) is 0.860. The zero-order valence-electron chi connectivity index (χ0n) is 14.1. The fraction of sp³-hybridized carbons (Fsp3) is 0.421. The van der Waals surface area contributed by atoms with Crippen LogP contribution in [-0.4, -0.2) is 28.1 Å². The van der Waals surface area contributed by atoms with Gasteiger partial charge in [-0.15, -0.1) is 0 Å². The van der Waals surface area contributed by atoms with Gasteiger partial charge < -0.3 is 14.6 Å². The Balaban J connectivity index is 1.55. The van der Waals surface area contributed by atoms with E-state index in [0.717, 1.165) is 12.2 Å². The van der Waals surface area contributed by atoms with E-state index in [1.807, 2.05) is 29.0 Å². The van der Waals surface area contributed by atoms with Crippen LogP contribution in [0.25, 0.3) is 10.5 Å². The molecule has 1 aromatic heterocycles. The maximum Gasteiger partial charge on any atom is 0.225 e. The summed E-state index contributed by atoms with van der Waals surface area (Å²) in [5.74, 6) is 2.04. The highest BCUT2D eigenvalue weighted by atomic mass is 16.5. The highest BCUT2D eigenvalue weighted by Gasteiger charge is 2.36. The predicted octanol–water partition coefficient (Wildman–Crippen LogP) is 2.70. The molecule has 2 aliphatic heterocycles. The van der Waals surface area contributed by atoms with Crippen molar-refractivity contribution < 1.29 is 9.53 Å². The third kappa shape index (κ3) is 2.66. The lowest BCUT2D eigenvalue weighted by Crippen LogP contribution is -2.35. The second kappa shape index (κ2) is 6.25. The summed E-state index contributed by atoms with van der Waals surface area (Å²) < 4.78 is 8.16. The van der Waals surface area contributed by atoms with Crippen LogP contribution in [0.4, 0.5) is 0 Å². The number of nitrogens with one attached hydrogen (secondary N) is 1. The van der Waals surface area contributed by atoms with Gasteiger partial charge in [0.25, 0.3) is 0 Å². The normalized spacial score (nSPS) is 29.8. The molecular formula is C19H20N4O2. The number of carbonyl (C=O) groups excluding carboxylic acids is 1. The SMILES string of the molecule is [C-]#[N+]C1=CC2C=CC=C(OC[C@H]3NC(=O)C[C@H]3CC)C2n2ccnc21. The van der Waals surface area contributed by atoms with Gasteiger partial charge in [-0.05, 0) is 12.0 Å². The summed E-state index contributed by atoms with van der Waals surface area (Å²) in [6.07, 6.45) is 13.1. The van der Waals surface area contributed by atoms with Gasteiger partial charge in [-0.3, -0.25) is 4.79 Å². The molecule has 1 N–H and O–H groups in total. The van der Waals surface area contributed by atoms with Crippen LogP contribution >= 0.6 is 0 Å². The Hall–Kier alpha value is -2.81. The minimum Gasteiger partial charge on any atom is -0.494 e. The zero-order valence-corrected chi connectivity index (χ0v) is 14.1. The molecule has 128 valence electrons. The topological polar surface area (TPSA) is 60.5 Å². The molecule has 6 nitrogen and oxygen atoms in total. The molecule has 1 fully saturated rings. The van der Waals surface area contributed by atoms with Crippen LogP contribution in [0.1, 0.15) is 31.6 Å². The van der Waals surface area contributed by atoms with E-state index >= 15 is 0 Å². The van der Waals surface area contributed by atoms with Gasteiger partial charge in [-0.25, -0.2) is 9.83 Å².